The van der Waals surface area contributed by atoms with Gasteiger partial charge in [-0.05, 0) is 55.0 Å². The third-order valence-corrected chi connectivity index (χ3v) is 4.55. The first-order chi connectivity index (χ1) is 14.2. The van der Waals surface area contributed by atoms with Crippen LogP contribution in [0.1, 0.15) is 13.3 Å². The molecule has 0 spiro atoms. The average molecular weight is 394 g/mol. The highest BCUT2D eigenvalue weighted by Crippen LogP contribution is 2.31. The SMILES string of the molecule is CCCN(CCO)c1nnc(-c2ccc(OC)cc2)c(-c2ccc(OC)cc2)n1. The number of nitrogens with zero attached hydrogens (tertiary/aromatic N) is 4. The van der Waals surface area contributed by atoms with Gasteiger partial charge in [-0.3, -0.25) is 0 Å². The lowest BCUT2D eigenvalue weighted by molar-refractivity contribution is 0.301. The second kappa shape index (κ2) is 9.84. The number of benzene rings is 2. The molecular weight excluding hydrogens is 368 g/mol. The minimum Gasteiger partial charge on any atom is -0.497 e. The van der Waals surface area contributed by atoms with Gasteiger partial charge in [0.2, 0.25) is 5.95 Å². The van der Waals surface area contributed by atoms with Crippen LogP contribution in [0.4, 0.5) is 5.95 Å². The molecule has 0 amide bonds. The highest BCUT2D eigenvalue weighted by Gasteiger charge is 2.17. The van der Waals surface area contributed by atoms with E-state index in [9.17, 15) is 5.11 Å². The van der Waals surface area contributed by atoms with Gasteiger partial charge in [0.15, 0.2) is 0 Å². The monoisotopic (exact) mass is 394 g/mol. The standard InChI is InChI=1S/C22H26N4O3/c1-4-13-26(14-15-27)22-23-20(16-5-9-18(28-2)10-6-16)21(24-25-22)17-7-11-19(29-3)12-8-17/h5-12,27H,4,13-15H2,1-3H3. The van der Waals surface area contributed by atoms with Gasteiger partial charge in [0, 0.05) is 24.2 Å². The molecule has 0 saturated carbocycles. The fourth-order valence-corrected chi connectivity index (χ4v) is 3.05. The highest BCUT2D eigenvalue weighted by atomic mass is 16.5. The van der Waals surface area contributed by atoms with Gasteiger partial charge in [0.05, 0.1) is 20.8 Å². The quantitative estimate of drug-likeness (QED) is 0.595. The molecule has 0 fully saturated rings. The van der Waals surface area contributed by atoms with E-state index in [4.69, 9.17) is 14.5 Å². The van der Waals surface area contributed by atoms with Gasteiger partial charge in [-0.25, -0.2) is 4.98 Å². The van der Waals surface area contributed by atoms with Crippen molar-refractivity contribution in [2.24, 2.45) is 0 Å². The van der Waals surface area contributed by atoms with Crippen molar-refractivity contribution in [3.05, 3.63) is 48.5 Å². The van der Waals surface area contributed by atoms with Crippen molar-refractivity contribution < 1.29 is 14.6 Å². The van der Waals surface area contributed by atoms with Gasteiger partial charge < -0.3 is 19.5 Å². The van der Waals surface area contributed by atoms with E-state index in [-0.39, 0.29) is 6.61 Å². The number of methoxy groups -OCH3 is 2. The Kier molecular flexibility index (Phi) is 6.97. The number of aromatic nitrogens is 3. The average Bonchev–Trinajstić information content (AvgIpc) is 2.79. The second-order valence-electron chi connectivity index (χ2n) is 6.48. The van der Waals surface area contributed by atoms with Crippen molar-refractivity contribution >= 4 is 5.95 Å². The lowest BCUT2D eigenvalue weighted by Gasteiger charge is -2.21. The zero-order chi connectivity index (χ0) is 20.6. The predicted octanol–water partition coefficient (Wildman–Crippen LogP) is 3.43. The second-order valence-corrected chi connectivity index (χ2v) is 6.48. The number of aliphatic hydroxyl groups excluding tert-OH is 1. The maximum absolute atomic E-state index is 9.41. The molecule has 152 valence electrons. The molecule has 29 heavy (non-hydrogen) atoms. The van der Waals surface area contributed by atoms with Crippen LogP contribution in [-0.4, -0.2) is 54.2 Å². The summed E-state index contributed by atoms with van der Waals surface area (Å²) in [7, 11) is 3.27. The lowest BCUT2D eigenvalue weighted by atomic mass is 10.0. The summed E-state index contributed by atoms with van der Waals surface area (Å²) in [5.74, 6) is 2.05. The normalized spacial score (nSPS) is 10.6. The van der Waals surface area contributed by atoms with Crippen LogP contribution in [0.2, 0.25) is 0 Å². The van der Waals surface area contributed by atoms with E-state index in [1.54, 1.807) is 14.2 Å². The van der Waals surface area contributed by atoms with Crippen LogP contribution in [0.25, 0.3) is 22.5 Å². The number of aliphatic hydroxyl groups is 1. The maximum Gasteiger partial charge on any atom is 0.246 e. The third kappa shape index (κ3) is 4.81. The third-order valence-electron chi connectivity index (χ3n) is 4.55. The van der Waals surface area contributed by atoms with Crippen LogP contribution < -0.4 is 14.4 Å². The smallest absolute Gasteiger partial charge is 0.246 e. The molecule has 7 heteroatoms. The highest BCUT2D eigenvalue weighted by molar-refractivity contribution is 5.78. The van der Waals surface area contributed by atoms with Crippen molar-refractivity contribution in [2.45, 2.75) is 13.3 Å². The van der Waals surface area contributed by atoms with Gasteiger partial charge in [0.1, 0.15) is 22.9 Å². The summed E-state index contributed by atoms with van der Waals surface area (Å²) >= 11 is 0. The Morgan fingerprint density at radius 2 is 1.34 bits per heavy atom. The molecule has 3 aromatic rings. The minimum absolute atomic E-state index is 0.0292. The first kappa shape index (κ1) is 20.5. The van der Waals surface area contributed by atoms with Gasteiger partial charge in [-0.2, -0.15) is 0 Å². The van der Waals surface area contributed by atoms with Crippen LogP contribution in [0, 0.1) is 0 Å². The Labute approximate surface area is 171 Å². The molecule has 0 radical (unpaired) electrons. The van der Waals surface area contributed by atoms with Crippen LogP contribution in [0.5, 0.6) is 11.5 Å². The fourth-order valence-electron chi connectivity index (χ4n) is 3.05. The minimum atomic E-state index is 0.0292. The number of hydrogen-bond donors (Lipinski definition) is 1. The van der Waals surface area contributed by atoms with Crippen molar-refractivity contribution in [2.75, 3.05) is 38.8 Å². The maximum atomic E-state index is 9.41. The topological polar surface area (TPSA) is 80.6 Å². The molecule has 2 aromatic carbocycles. The summed E-state index contributed by atoms with van der Waals surface area (Å²) in [5.41, 5.74) is 3.21. The van der Waals surface area contributed by atoms with E-state index in [1.807, 2.05) is 53.4 Å². The van der Waals surface area contributed by atoms with E-state index in [2.05, 4.69) is 17.1 Å². The number of hydrogen-bond acceptors (Lipinski definition) is 7. The molecule has 1 heterocycles. The van der Waals surface area contributed by atoms with Crippen molar-refractivity contribution in [3.63, 3.8) is 0 Å². The Bertz CT molecular complexity index is 908. The van der Waals surface area contributed by atoms with E-state index >= 15 is 0 Å². The molecule has 0 aliphatic carbocycles. The summed E-state index contributed by atoms with van der Waals surface area (Å²) in [6, 6.07) is 15.4. The largest absolute Gasteiger partial charge is 0.497 e. The number of rotatable bonds is 9. The van der Waals surface area contributed by atoms with Crippen LogP contribution in [0.15, 0.2) is 48.5 Å². The fraction of sp³-hybridized carbons (Fsp3) is 0.318. The van der Waals surface area contributed by atoms with Crippen molar-refractivity contribution in [1.82, 2.24) is 15.2 Å². The van der Waals surface area contributed by atoms with Gasteiger partial charge in [-0.15, -0.1) is 10.2 Å². The zero-order valence-electron chi connectivity index (χ0n) is 17.0. The van der Waals surface area contributed by atoms with Gasteiger partial charge >= 0.3 is 0 Å². The van der Waals surface area contributed by atoms with Crippen LogP contribution >= 0.6 is 0 Å². The lowest BCUT2D eigenvalue weighted by Crippen LogP contribution is -2.29. The molecule has 0 saturated heterocycles. The molecule has 0 bridgehead atoms. The molecular formula is C22H26N4O3. The zero-order valence-corrected chi connectivity index (χ0v) is 17.0. The Hall–Kier alpha value is -3.19. The first-order valence-corrected chi connectivity index (χ1v) is 9.59. The predicted molar refractivity (Wildman–Crippen MR) is 113 cm³/mol. The van der Waals surface area contributed by atoms with E-state index in [1.165, 1.54) is 0 Å². The van der Waals surface area contributed by atoms with E-state index in [0.29, 0.717) is 18.2 Å². The summed E-state index contributed by atoms with van der Waals surface area (Å²) in [4.78, 5) is 6.77. The Morgan fingerprint density at radius 3 is 1.83 bits per heavy atom. The molecule has 7 nitrogen and oxygen atoms in total. The molecule has 1 N–H and O–H groups in total. The van der Waals surface area contributed by atoms with Crippen molar-refractivity contribution in [1.29, 1.82) is 0 Å². The van der Waals surface area contributed by atoms with Crippen LogP contribution in [0.3, 0.4) is 0 Å². The summed E-state index contributed by atoms with van der Waals surface area (Å²) in [6.07, 6.45) is 0.918. The molecule has 0 unspecified atom stereocenters. The van der Waals surface area contributed by atoms with Gasteiger partial charge in [0.25, 0.3) is 0 Å². The molecule has 0 atom stereocenters. The molecule has 3 rings (SSSR count). The Balaban J connectivity index is 2.10. The number of anilines is 1. The van der Waals surface area contributed by atoms with Crippen molar-refractivity contribution in [3.8, 4) is 34.0 Å². The number of ether oxygens (including phenoxy) is 2. The summed E-state index contributed by atoms with van der Waals surface area (Å²) < 4.78 is 10.5. The van der Waals surface area contributed by atoms with Crippen LogP contribution in [-0.2, 0) is 0 Å². The molecule has 0 aliphatic heterocycles. The van der Waals surface area contributed by atoms with Gasteiger partial charge in [-0.1, -0.05) is 6.92 Å². The van der Waals surface area contributed by atoms with E-state index < -0.39 is 0 Å². The van der Waals surface area contributed by atoms with E-state index in [0.717, 1.165) is 41.3 Å². The Morgan fingerprint density at radius 1 is 0.793 bits per heavy atom. The summed E-state index contributed by atoms with van der Waals surface area (Å²) in [6.45, 7) is 3.31. The molecule has 0 aliphatic rings. The summed E-state index contributed by atoms with van der Waals surface area (Å²) in [5, 5.41) is 18.3. The first-order valence-electron chi connectivity index (χ1n) is 9.59. The molecule has 1 aromatic heterocycles.